The van der Waals surface area contributed by atoms with Gasteiger partial charge < -0.3 is 0 Å². The molecule has 4 rings (SSSR count). The maximum Gasteiger partial charge on any atom is 0.330 e. The van der Waals surface area contributed by atoms with Crippen molar-refractivity contribution in [1.29, 1.82) is 0 Å². The molecular weight excluding hydrogens is 318 g/mol. The van der Waals surface area contributed by atoms with Gasteiger partial charge in [-0.2, -0.15) is 0 Å². The first-order chi connectivity index (χ1) is 11.0. The highest BCUT2D eigenvalue weighted by Gasteiger charge is 2.41. The number of sulfonamides is 1. The molecule has 0 radical (unpaired) electrons. The Morgan fingerprint density at radius 2 is 1.87 bits per heavy atom. The van der Waals surface area contributed by atoms with E-state index in [0.29, 0.717) is 37.1 Å². The first kappa shape index (κ1) is 14.8. The van der Waals surface area contributed by atoms with Crippen LogP contribution in [0.15, 0.2) is 17.3 Å². The molecule has 1 aliphatic carbocycles. The van der Waals surface area contributed by atoms with Gasteiger partial charge in [-0.15, -0.1) is 0 Å². The van der Waals surface area contributed by atoms with Gasteiger partial charge in [0.05, 0.1) is 11.4 Å². The van der Waals surface area contributed by atoms with Crippen LogP contribution in [0.5, 0.6) is 0 Å². The molecule has 8 nitrogen and oxygen atoms in total. The van der Waals surface area contributed by atoms with Gasteiger partial charge in [0, 0.05) is 26.2 Å². The SMILES string of the molecule is Cn1c(=O)n(C2CCN(S(=O)(=O)C3CC3)CC2)c2ncncc21. The average molecular weight is 337 g/mol. The predicted molar refractivity (Wildman–Crippen MR) is 84.6 cm³/mol. The molecule has 9 heteroatoms. The maximum absolute atomic E-state index is 12.5. The van der Waals surface area contributed by atoms with E-state index in [4.69, 9.17) is 0 Å². The second-order valence-corrected chi connectivity index (χ2v) is 8.53. The minimum Gasteiger partial charge on any atom is -0.292 e. The highest BCUT2D eigenvalue weighted by molar-refractivity contribution is 7.90. The first-order valence-electron chi connectivity index (χ1n) is 7.86. The fourth-order valence-corrected chi connectivity index (χ4v) is 5.23. The summed E-state index contributed by atoms with van der Waals surface area (Å²) in [6.45, 7) is 0.939. The van der Waals surface area contributed by atoms with Crippen LogP contribution < -0.4 is 5.69 Å². The van der Waals surface area contributed by atoms with Crippen LogP contribution in [0.3, 0.4) is 0 Å². The zero-order valence-electron chi connectivity index (χ0n) is 12.9. The van der Waals surface area contributed by atoms with Crippen molar-refractivity contribution in [2.75, 3.05) is 13.1 Å². The molecule has 1 saturated heterocycles. The van der Waals surface area contributed by atoms with E-state index in [0.717, 1.165) is 12.8 Å². The van der Waals surface area contributed by atoms with Crippen LogP contribution in [0.4, 0.5) is 0 Å². The van der Waals surface area contributed by atoms with Gasteiger partial charge in [-0.1, -0.05) is 0 Å². The van der Waals surface area contributed by atoms with Crippen molar-refractivity contribution in [3.05, 3.63) is 23.0 Å². The van der Waals surface area contributed by atoms with Gasteiger partial charge in [0.2, 0.25) is 10.0 Å². The van der Waals surface area contributed by atoms with E-state index >= 15 is 0 Å². The quantitative estimate of drug-likeness (QED) is 0.801. The van der Waals surface area contributed by atoms with E-state index in [1.807, 2.05) is 0 Å². The lowest BCUT2D eigenvalue weighted by atomic mass is 10.1. The molecule has 3 heterocycles. The molecule has 2 aromatic heterocycles. The maximum atomic E-state index is 12.5. The summed E-state index contributed by atoms with van der Waals surface area (Å²) in [6.07, 6.45) is 5.89. The lowest BCUT2D eigenvalue weighted by Crippen LogP contribution is -2.42. The Balaban J connectivity index is 1.62. The van der Waals surface area contributed by atoms with Gasteiger partial charge in [-0.3, -0.25) is 9.13 Å². The summed E-state index contributed by atoms with van der Waals surface area (Å²) < 4.78 is 29.4. The lowest BCUT2D eigenvalue weighted by molar-refractivity contribution is 0.272. The Morgan fingerprint density at radius 1 is 1.17 bits per heavy atom. The Labute approximate surface area is 133 Å². The normalized spacial score (nSPS) is 21.1. The molecule has 2 aromatic rings. The summed E-state index contributed by atoms with van der Waals surface area (Å²) in [5.41, 5.74) is 1.20. The number of hydrogen-bond acceptors (Lipinski definition) is 5. The van der Waals surface area contributed by atoms with Crippen LogP contribution in [0.25, 0.3) is 11.2 Å². The Morgan fingerprint density at radius 3 is 2.52 bits per heavy atom. The molecule has 23 heavy (non-hydrogen) atoms. The predicted octanol–water partition coefficient (Wildman–Crippen LogP) is 0.259. The number of fused-ring (bicyclic) bond motifs is 1. The number of aryl methyl sites for hydroxylation is 1. The molecule has 0 bridgehead atoms. The van der Waals surface area contributed by atoms with Crippen molar-refractivity contribution >= 4 is 21.2 Å². The number of piperidine rings is 1. The molecule has 0 aromatic carbocycles. The minimum absolute atomic E-state index is 0.0215. The lowest BCUT2D eigenvalue weighted by Gasteiger charge is -2.31. The zero-order chi connectivity index (χ0) is 16.2. The number of imidazole rings is 1. The summed E-state index contributed by atoms with van der Waals surface area (Å²) in [6, 6.07) is -0.0215. The highest BCUT2D eigenvalue weighted by atomic mass is 32.2. The third-order valence-corrected chi connectivity index (χ3v) is 7.25. The van der Waals surface area contributed by atoms with Gasteiger partial charge in [-0.25, -0.2) is 27.5 Å². The highest BCUT2D eigenvalue weighted by Crippen LogP contribution is 2.34. The summed E-state index contributed by atoms with van der Waals surface area (Å²) in [5.74, 6) is 0. The van der Waals surface area contributed by atoms with Crippen LogP contribution in [0.2, 0.25) is 0 Å². The van der Waals surface area contributed by atoms with Crippen LogP contribution >= 0.6 is 0 Å². The molecule has 0 amide bonds. The van der Waals surface area contributed by atoms with Gasteiger partial charge in [0.25, 0.3) is 0 Å². The van der Waals surface area contributed by atoms with Crippen molar-refractivity contribution in [2.45, 2.75) is 37.0 Å². The van der Waals surface area contributed by atoms with Crippen LogP contribution in [-0.2, 0) is 17.1 Å². The van der Waals surface area contributed by atoms with E-state index in [1.165, 1.54) is 6.33 Å². The second kappa shape index (κ2) is 5.13. The van der Waals surface area contributed by atoms with Crippen molar-refractivity contribution < 1.29 is 8.42 Å². The van der Waals surface area contributed by atoms with E-state index in [2.05, 4.69) is 9.97 Å². The monoisotopic (exact) mass is 337 g/mol. The van der Waals surface area contributed by atoms with Gasteiger partial charge >= 0.3 is 5.69 Å². The van der Waals surface area contributed by atoms with Crippen molar-refractivity contribution in [3.63, 3.8) is 0 Å². The summed E-state index contributed by atoms with van der Waals surface area (Å²) in [5, 5.41) is -0.174. The summed E-state index contributed by atoms with van der Waals surface area (Å²) in [7, 11) is -1.42. The standard InChI is InChI=1S/C14H19N5O3S/c1-17-12-8-15-9-16-13(12)19(14(17)20)10-4-6-18(7-5-10)23(21,22)11-2-3-11/h8-11H,2-7H2,1H3. The van der Waals surface area contributed by atoms with Crippen molar-refractivity contribution in [1.82, 2.24) is 23.4 Å². The molecule has 1 aliphatic heterocycles. The average Bonchev–Trinajstić information content (AvgIpc) is 3.38. The smallest absolute Gasteiger partial charge is 0.292 e. The Bertz CT molecular complexity index is 904. The molecule has 0 N–H and O–H groups in total. The summed E-state index contributed by atoms with van der Waals surface area (Å²) >= 11 is 0. The largest absolute Gasteiger partial charge is 0.330 e. The van der Waals surface area contributed by atoms with Crippen LogP contribution in [0.1, 0.15) is 31.7 Å². The Hall–Kier alpha value is -1.74. The fourth-order valence-electron chi connectivity index (χ4n) is 3.35. The minimum atomic E-state index is -3.13. The third kappa shape index (κ3) is 2.29. The molecular formula is C14H19N5O3S. The molecule has 0 unspecified atom stereocenters. The number of nitrogens with zero attached hydrogens (tertiary/aromatic N) is 5. The van der Waals surface area contributed by atoms with Crippen LogP contribution in [-0.4, -0.2) is 50.2 Å². The molecule has 0 spiro atoms. The topological polar surface area (TPSA) is 90.1 Å². The van der Waals surface area contributed by atoms with Crippen molar-refractivity contribution in [2.24, 2.45) is 7.05 Å². The van der Waals surface area contributed by atoms with Gasteiger partial charge in [-0.05, 0) is 25.7 Å². The molecule has 2 fully saturated rings. The van der Waals surface area contributed by atoms with E-state index in [1.54, 1.807) is 26.7 Å². The molecule has 124 valence electrons. The van der Waals surface area contributed by atoms with Gasteiger partial charge in [0.1, 0.15) is 11.8 Å². The van der Waals surface area contributed by atoms with E-state index in [-0.39, 0.29) is 17.0 Å². The first-order valence-corrected chi connectivity index (χ1v) is 9.36. The number of aromatic nitrogens is 4. The van der Waals surface area contributed by atoms with Gasteiger partial charge in [0.15, 0.2) is 5.65 Å². The molecule has 0 atom stereocenters. The zero-order valence-corrected chi connectivity index (χ0v) is 13.7. The number of hydrogen-bond donors (Lipinski definition) is 0. The fraction of sp³-hybridized carbons (Fsp3) is 0.643. The van der Waals surface area contributed by atoms with E-state index in [9.17, 15) is 13.2 Å². The Kier molecular flexibility index (Phi) is 3.31. The van der Waals surface area contributed by atoms with Crippen molar-refractivity contribution in [3.8, 4) is 0 Å². The third-order valence-electron chi connectivity index (χ3n) is 4.85. The summed E-state index contributed by atoms with van der Waals surface area (Å²) in [4.78, 5) is 20.7. The van der Waals surface area contributed by atoms with E-state index < -0.39 is 10.0 Å². The molecule has 1 saturated carbocycles. The van der Waals surface area contributed by atoms with Crippen LogP contribution in [0, 0.1) is 0 Å². The molecule has 2 aliphatic rings. The number of rotatable bonds is 3. The second-order valence-electron chi connectivity index (χ2n) is 6.32.